The summed E-state index contributed by atoms with van der Waals surface area (Å²) in [6.07, 6.45) is 7.19. The van der Waals surface area contributed by atoms with Crippen LogP contribution in [-0.2, 0) is 0 Å². The molecule has 0 aliphatic rings. The van der Waals surface area contributed by atoms with E-state index in [1.807, 2.05) is 0 Å². The SMILES string of the molecule is CCCCCC=C(Cl)C(C)C(C)(C)C. The van der Waals surface area contributed by atoms with Gasteiger partial charge in [-0.15, -0.1) is 0 Å². The minimum absolute atomic E-state index is 0.276. The van der Waals surface area contributed by atoms with E-state index in [1.165, 1.54) is 19.3 Å². The van der Waals surface area contributed by atoms with Crippen LogP contribution in [0.4, 0.5) is 0 Å². The first kappa shape index (κ1) is 14.0. The third-order valence-electron chi connectivity index (χ3n) is 2.86. The molecule has 0 bridgehead atoms. The Balaban J connectivity index is 3.98. The highest BCUT2D eigenvalue weighted by Gasteiger charge is 2.22. The molecular formula is C13H25Cl. The second-order valence-electron chi connectivity index (χ2n) is 5.17. The van der Waals surface area contributed by atoms with Gasteiger partial charge in [0.05, 0.1) is 0 Å². The van der Waals surface area contributed by atoms with Gasteiger partial charge >= 0.3 is 0 Å². The Morgan fingerprint density at radius 2 is 1.86 bits per heavy atom. The molecule has 0 radical (unpaired) electrons. The fourth-order valence-electron chi connectivity index (χ4n) is 1.22. The zero-order chi connectivity index (χ0) is 11.2. The number of rotatable bonds is 5. The quantitative estimate of drug-likeness (QED) is 0.542. The lowest BCUT2D eigenvalue weighted by Gasteiger charge is -2.26. The average molecular weight is 217 g/mol. The third-order valence-corrected chi connectivity index (χ3v) is 3.34. The summed E-state index contributed by atoms with van der Waals surface area (Å²) in [4.78, 5) is 0. The van der Waals surface area contributed by atoms with Crippen LogP contribution in [0.25, 0.3) is 0 Å². The minimum atomic E-state index is 0.276. The van der Waals surface area contributed by atoms with Gasteiger partial charge in [-0.05, 0) is 24.2 Å². The molecule has 84 valence electrons. The molecule has 1 unspecified atom stereocenters. The van der Waals surface area contributed by atoms with E-state index >= 15 is 0 Å². The van der Waals surface area contributed by atoms with Crippen molar-refractivity contribution in [1.82, 2.24) is 0 Å². The van der Waals surface area contributed by atoms with Crippen LogP contribution in [0.5, 0.6) is 0 Å². The van der Waals surface area contributed by atoms with E-state index in [-0.39, 0.29) is 5.41 Å². The average Bonchev–Trinajstić information content (AvgIpc) is 2.09. The fraction of sp³-hybridized carbons (Fsp3) is 0.846. The number of hydrogen-bond acceptors (Lipinski definition) is 0. The summed E-state index contributed by atoms with van der Waals surface area (Å²) in [6.45, 7) is 11.1. The van der Waals surface area contributed by atoms with Crippen molar-refractivity contribution in [2.45, 2.75) is 60.3 Å². The Labute approximate surface area is 94.7 Å². The highest BCUT2D eigenvalue weighted by atomic mass is 35.5. The Hall–Kier alpha value is 0.0300. The smallest absolute Gasteiger partial charge is 0.0174 e. The molecule has 0 aromatic rings. The van der Waals surface area contributed by atoms with Crippen molar-refractivity contribution in [2.24, 2.45) is 11.3 Å². The van der Waals surface area contributed by atoms with Gasteiger partial charge in [0.2, 0.25) is 0 Å². The van der Waals surface area contributed by atoms with Gasteiger partial charge in [-0.25, -0.2) is 0 Å². The second-order valence-corrected chi connectivity index (χ2v) is 5.61. The van der Waals surface area contributed by atoms with Gasteiger partial charge in [-0.2, -0.15) is 0 Å². The van der Waals surface area contributed by atoms with Crippen molar-refractivity contribution in [1.29, 1.82) is 0 Å². The Morgan fingerprint density at radius 1 is 1.29 bits per heavy atom. The molecule has 1 heteroatoms. The predicted octanol–water partition coefficient (Wildman–Crippen LogP) is 5.37. The first-order valence-electron chi connectivity index (χ1n) is 5.75. The van der Waals surface area contributed by atoms with Crippen molar-refractivity contribution in [3.05, 3.63) is 11.1 Å². The Kier molecular flexibility index (Phi) is 6.52. The lowest BCUT2D eigenvalue weighted by molar-refractivity contribution is 0.309. The molecule has 0 fully saturated rings. The number of hydrogen-bond donors (Lipinski definition) is 0. The van der Waals surface area contributed by atoms with E-state index in [1.54, 1.807) is 0 Å². The second kappa shape index (κ2) is 6.50. The monoisotopic (exact) mass is 216 g/mol. The Bertz CT molecular complexity index is 174. The van der Waals surface area contributed by atoms with Crippen LogP contribution >= 0.6 is 11.6 Å². The van der Waals surface area contributed by atoms with E-state index in [4.69, 9.17) is 11.6 Å². The van der Waals surface area contributed by atoms with E-state index in [9.17, 15) is 0 Å². The van der Waals surface area contributed by atoms with Crippen LogP contribution < -0.4 is 0 Å². The van der Waals surface area contributed by atoms with Crippen LogP contribution in [0.1, 0.15) is 60.3 Å². The summed E-state index contributed by atoms with van der Waals surface area (Å²) in [5, 5.41) is 1.04. The Morgan fingerprint density at radius 3 is 2.29 bits per heavy atom. The van der Waals surface area contributed by atoms with Gasteiger partial charge in [-0.1, -0.05) is 65.1 Å². The summed E-state index contributed by atoms with van der Waals surface area (Å²) in [5.74, 6) is 0.464. The zero-order valence-electron chi connectivity index (χ0n) is 10.4. The van der Waals surface area contributed by atoms with Gasteiger partial charge in [0, 0.05) is 5.03 Å². The molecule has 0 aromatic heterocycles. The number of halogens is 1. The standard InChI is InChI=1S/C13H25Cl/c1-6-7-8-9-10-12(14)11(2)13(3,4)5/h10-11H,6-9H2,1-5H3. The number of allylic oxidation sites excluding steroid dienone is 2. The summed E-state index contributed by atoms with van der Waals surface area (Å²) < 4.78 is 0. The zero-order valence-corrected chi connectivity index (χ0v) is 11.1. The van der Waals surface area contributed by atoms with Crippen molar-refractivity contribution in [3.8, 4) is 0 Å². The summed E-state index contributed by atoms with van der Waals surface area (Å²) in [7, 11) is 0. The van der Waals surface area contributed by atoms with Crippen molar-refractivity contribution in [2.75, 3.05) is 0 Å². The first-order valence-corrected chi connectivity index (χ1v) is 6.13. The van der Waals surface area contributed by atoms with Crippen LogP contribution in [-0.4, -0.2) is 0 Å². The highest BCUT2D eigenvalue weighted by molar-refractivity contribution is 6.29. The van der Waals surface area contributed by atoms with Crippen molar-refractivity contribution >= 4 is 11.6 Å². The first-order chi connectivity index (χ1) is 6.39. The molecule has 0 saturated carbocycles. The molecule has 0 aromatic carbocycles. The van der Waals surface area contributed by atoms with Gasteiger partial charge in [0.25, 0.3) is 0 Å². The molecule has 0 rings (SSSR count). The molecule has 0 N–H and O–H groups in total. The summed E-state index contributed by atoms with van der Waals surface area (Å²) >= 11 is 6.26. The molecular weight excluding hydrogens is 192 g/mol. The maximum Gasteiger partial charge on any atom is 0.0174 e. The summed E-state index contributed by atoms with van der Waals surface area (Å²) in [5.41, 5.74) is 0.276. The van der Waals surface area contributed by atoms with Crippen LogP contribution in [0, 0.1) is 11.3 Å². The van der Waals surface area contributed by atoms with E-state index in [0.717, 1.165) is 11.5 Å². The van der Waals surface area contributed by atoms with Gasteiger partial charge in [0.15, 0.2) is 0 Å². The molecule has 0 amide bonds. The third kappa shape index (κ3) is 5.70. The van der Waals surface area contributed by atoms with Crippen LogP contribution in [0.2, 0.25) is 0 Å². The molecule has 14 heavy (non-hydrogen) atoms. The van der Waals surface area contributed by atoms with Crippen LogP contribution in [0.15, 0.2) is 11.1 Å². The normalized spacial score (nSPS) is 15.7. The molecule has 1 atom stereocenters. The van der Waals surface area contributed by atoms with E-state index in [0.29, 0.717) is 5.92 Å². The van der Waals surface area contributed by atoms with E-state index in [2.05, 4.69) is 40.7 Å². The molecule has 0 saturated heterocycles. The van der Waals surface area contributed by atoms with Gasteiger partial charge in [-0.3, -0.25) is 0 Å². The fourth-order valence-corrected chi connectivity index (χ4v) is 1.66. The summed E-state index contributed by atoms with van der Waals surface area (Å²) in [6, 6.07) is 0. The van der Waals surface area contributed by atoms with Gasteiger partial charge in [0.1, 0.15) is 0 Å². The number of unbranched alkanes of at least 4 members (excludes halogenated alkanes) is 3. The molecule has 0 aliphatic carbocycles. The van der Waals surface area contributed by atoms with E-state index < -0.39 is 0 Å². The van der Waals surface area contributed by atoms with Crippen molar-refractivity contribution in [3.63, 3.8) is 0 Å². The molecule has 0 heterocycles. The topological polar surface area (TPSA) is 0 Å². The molecule has 0 aliphatic heterocycles. The van der Waals surface area contributed by atoms with Crippen molar-refractivity contribution < 1.29 is 0 Å². The highest BCUT2D eigenvalue weighted by Crippen LogP contribution is 2.33. The lowest BCUT2D eigenvalue weighted by Crippen LogP contribution is -2.17. The maximum absolute atomic E-state index is 6.26. The predicted molar refractivity (Wildman–Crippen MR) is 66.7 cm³/mol. The minimum Gasteiger partial charge on any atom is -0.0892 e. The van der Waals surface area contributed by atoms with Crippen LogP contribution in [0.3, 0.4) is 0 Å². The lowest BCUT2D eigenvalue weighted by atomic mass is 9.81. The maximum atomic E-state index is 6.26. The molecule has 0 nitrogen and oxygen atoms in total. The van der Waals surface area contributed by atoms with Gasteiger partial charge < -0.3 is 0 Å². The largest absolute Gasteiger partial charge is 0.0892 e. The molecule has 0 spiro atoms.